The maximum absolute atomic E-state index is 12.1. The van der Waals surface area contributed by atoms with Crippen LogP contribution in [0.5, 0.6) is 11.5 Å². The summed E-state index contributed by atoms with van der Waals surface area (Å²) >= 11 is 5.40. The Morgan fingerprint density at radius 3 is 2.25 bits per heavy atom. The second-order valence-electron chi connectivity index (χ2n) is 3.06. The van der Waals surface area contributed by atoms with Crippen LogP contribution >= 0.6 is 11.6 Å². The quantitative estimate of drug-likeness (QED) is 0.758. The van der Waals surface area contributed by atoms with E-state index < -0.39 is 34.0 Å². The molecule has 0 fully saturated rings. The van der Waals surface area contributed by atoms with Gasteiger partial charge in [-0.3, -0.25) is 4.79 Å². The number of hydrogen-bond acceptors (Lipinski definition) is 3. The molecule has 0 heterocycles. The Labute approximate surface area is 93.1 Å². The third-order valence-electron chi connectivity index (χ3n) is 1.96. The number of carbonyl (C=O) groups excluding carboxylic acids is 1. The monoisotopic (exact) mass is 254 g/mol. The molecule has 88 valence electrons. The first-order valence-corrected chi connectivity index (χ1v) is 4.36. The van der Waals surface area contributed by atoms with Gasteiger partial charge in [-0.1, -0.05) is 11.6 Å². The third-order valence-corrected chi connectivity index (χ3v) is 2.25. The van der Waals surface area contributed by atoms with E-state index in [2.05, 4.69) is 0 Å². The lowest BCUT2D eigenvalue weighted by molar-refractivity contribution is -0.0886. The van der Waals surface area contributed by atoms with Crippen LogP contribution in [0.25, 0.3) is 0 Å². The summed E-state index contributed by atoms with van der Waals surface area (Å²) in [6, 6.07) is 0.578. The summed E-state index contributed by atoms with van der Waals surface area (Å²) in [5.41, 5.74) is -1.26. The lowest BCUT2D eigenvalue weighted by Crippen LogP contribution is -2.23. The molecular weight excluding hydrogens is 249 g/mol. The summed E-state index contributed by atoms with van der Waals surface area (Å²) in [6.45, 7) is 1.14. The molecule has 0 aliphatic rings. The Morgan fingerprint density at radius 1 is 1.31 bits per heavy atom. The highest BCUT2D eigenvalue weighted by atomic mass is 35.5. The van der Waals surface area contributed by atoms with E-state index in [0.29, 0.717) is 6.07 Å². The first-order chi connectivity index (χ1) is 7.16. The van der Waals surface area contributed by atoms with E-state index in [0.717, 1.165) is 6.92 Å². The minimum absolute atomic E-state index is 0.278. The average Bonchev–Trinajstić information content (AvgIpc) is 2.18. The van der Waals surface area contributed by atoms with Crippen molar-refractivity contribution in [2.75, 3.05) is 0 Å². The fraction of sp³-hybridized carbons (Fsp3) is 0.222. The number of rotatable bonds is 1. The van der Waals surface area contributed by atoms with Crippen molar-refractivity contribution in [3.8, 4) is 11.5 Å². The summed E-state index contributed by atoms with van der Waals surface area (Å²) in [6.07, 6.45) is -5.11. The zero-order valence-corrected chi connectivity index (χ0v) is 8.65. The Morgan fingerprint density at radius 2 is 1.81 bits per heavy atom. The van der Waals surface area contributed by atoms with Crippen LogP contribution in [-0.2, 0) is 0 Å². The van der Waals surface area contributed by atoms with Gasteiger partial charge < -0.3 is 10.2 Å². The number of carbonyl (C=O) groups is 1. The van der Waals surface area contributed by atoms with Gasteiger partial charge in [-0.15, -0.1) is 0 Å². The van der Waals surface area contributed by atoms with Crippen LogP contribution in [0, 0.1) is 6.92 Å². The molecule has 0 radical (unpaired) electrons. The molecule has 0 spiro atoms. The molecule has 0 atom stereocenters. The van der Waals surface area contributed by atoms with Crippen molar-refractivity contribution >= 4 is 17.4 Å². The first-order valence-electron chi connectivity index (χ1n) is 3.98. The number of hydrogen-bond donors (Lipinski definition) is 2. The number of benzene rings is 1. The highest BCUT2D eigenvalue weighted by Crippen LogP contribution is 2.38. The van der Waals surface area contributed by atoms with Crippen LogP contribution < -0.4 is 0 Å². The summed E-state index contributed by atoms with van der Waals surface area (Å²) in [4.78, 5) is 10.9. The van der Waals surface area contributed by atoms with E-state index >= 15 is 0 Å². The van der Waals surface area contributed by atoms with Gasteiger partial charge in [0.25, 0.3) is 5.78 Å². The van der Waals surface area contributed by atoms with Gasteiger partial charge in [0.2, 0.25) is 0 Å². The standard InChI is InChI=1S/C9H6ClF3O3/c1-3-6(14)4(2-5(10)7(3)15)8(16)9(11,12)13/h2,14-15H,1H3. The van der Waals surface area contributed by atoms with Gasteiger partial charge in [0, 0.05) is 5.56 Å². The molecule has 3 nitrogen and oxygen atoms in total. The van der Waals surface area contributed by atoms with Gasteiger partial charge in [-0.25, -0.2) is 0 Å². The summed E-state index contributed by atoms with van der Waals surface area (Å²) in [7, 11) is 0. The zero-order valence-electron chi connectivity index (χ0n) is 7.89. The Balaban J connectivity index is 3.43. The smallest absolute Gasteiger partial charge is 0.455 e. The number of phenolic OH excluding ortho intramolecular Hbond substituents is 2. The van der Waals surface area contributed by atoms with Crippen LogP contribution in [0.1, 0.15) is 15.9 Å². The number of aromatic hydroxyl groups is 2. The van der Waals surface area contributed by atoms with Crippen molar-refractivity contribution in [1.82, 2.24) is 0 Å². The topological polar surface area (TPSA) is 57.5 Å². The minimum atomic E-state index is -5.11. The largest absolute Gasteiger partial charge is 0.507 e. The van der Waals surface area contributed by atoms with Crippen molar-refractivity contribution in [1.29, 1.82) is 0 Å². The van der Waals surface area contributed by atoms with E-state index in [-0.39, 0.29) is 5.56 Å². The second kappa shape index (κ2) is 3.86. The number of halogens is 4. The van der Waals surface area contributed by atoms with Crippen LogP contribution in [0.4, 0.5) is 13.2 Å². The molecule has 7 heteroatoms. The van der Waals surface area contributed by atoms with Crippen LogP contribution in [-0.4, -0.2) is 22.2 Å². The lowest BCUT2D eigenvalue weighted by Gasteiger charge is -2.11. The first kappa shape index (κ1) is 12.6. The zero-order chi connectivity index (χ0) is 12.7. The van der Waals surface area contributed by atoms with E-state index in [1.165, 1.54) is 0 Å². The molecule has 0 aromatic heterocycles. The van der Waals surface area contributed by atoms with Crippen LogP contribution in [0.15, 0.2) is 6.07 Å². The Bertz CT molecular complexity index is 454. The van der Waals surface area contributed by atoms with E-state index in [4.69, 9.17) is 11.6 Å². The summed E-state index contributed by atoms with van der Waals surface area (Å²) < 4.78 is 36.3. The van der Waals surface area contributed by atoms with Crippen LogP contribution in [0.2, 0.25) is 5.02 Å². The van der Waals surface area contributed by atoms with Crippen LogP contribution in [0.3, 0.4) is 0 Å². The lowest BCUT2D eigenvalue weighted by atomic mass is 10.0. The molecule has 0 saturated carbocycles. The van der Waals surface area contributed by atoms with Crippen molar-refractivity contribution in [2.24, 2.45) is 0 Å². The molecule has 0 amide bonds. The number of alkyl halides is 3. The SMILES string of the molecule is Cc1c(O)c(Cl)cc(C(=O)C(F)(F)F)c1O. The average molecular weight is 255 g/mol. The van der Waals surface area contributed by atoms with Gasteiger partial charge in [-0.05, 0) is 13.0 Å². The second-order valence-corrected chi connectivity index (χ2v) is 3.46. The summed E-state index contributed by atoms with van der Waals surface area (Å²) in [5.74, 6) is -3.70. The predicted octanol–water partition coefficient (Wildman–Crippen LogP) is 2.80. The fourth-order valence-electron chi connectivity index (χ4n) is 1.08. The van der Waals surface area contributed by atoms with E-state index in [1.54, 1.807) is 0 Å². The van der Waals surface area contributed by atoms with Crippen molar-refractivity contribution in [2.45, 2.75) is 13.1 Å². The van der Waals surface area contributed by atoms with Gasteiger partial charge in [-0.2, -0.15) is 13.2 Å². The number of phenols is 2. The third kappa shape index (κ3) is 2.06. The molecule has 0 saturated heterocycles. The van der Waals surface area contributed by atoms with Gasteiger partial charge in [0.15, 0.2) is 0 Å². The molecule has 0 aliphatic heterocycles. The normalized spacial score (nSPS) is 11.6. The van der Waals surface area contributed by atoms with Crippen molar-refractivity contribution < 1.29 is 28.2 Å². The molecular formula is C9H6ClF3O3. The molecule has 16 heavy (non-hydrogen) atoms. The molecule has 1 aromatic carbocycles. The highest BCUT2D eigenvalue weighted by molar-refractivity contribution is 6.32. The maximum Gasteiger partial charge on any atom is 0.455 e. The molecule has 0 unspecified atom stereocenters. The van der Waals surface area contributed by atoms with Gasteiger partial charge in [0.05, 0.1) is 10.6 Å². The summed E-state index contributed by atoms with van der Waals surface area (Å²) in [5, 5.41) is 18.1. The van der Waals surface area contributed by atoms with Gasteiger partial charge >= 0.3 is 6.18 Å². The molecule has 1 rings (SSSR count). The maximum atomic E-state index is 12.1. The molecule has 2 N–H and O–H groups in total. The number of Topliss-reactive ketones (excluding diaryl/α,β-unsaturated/α-hetero) is 1. The van der Waals surface area contributed by atoms with Crippen molar-refractivity contribution in [3.05, 3.63) is 22.2 Å². The number of ketones is 1. The molecule has 1 aromatic rings. The molecule has 0 aliphatic carbocycles. The molecule has 0 bridgehead atoms. The highest BCUT2D eigenvalue weighted by Gasteiger charge is 2.41. The Hall–Kier alpha value is -1.43. The van der Waals surface area contributed by atoms with Gasteiger partial charge in [0.1, 0.15) is 11.5 Å². The Kier molecular flexibility index (Phi) is 3.05. The predicted molar refractivity (Wildman–Crippen MR) is 49.9 cm³/mol. The van der Waals surface area contributed by atoms with E-state index in [1.807, 2.05) is 0 Å². The minimum Gasteiger partial charge on any atom is -0.507 e. The van der Waals surface area contributed by atoms with Crippen molar-refractivity contribution in [3.63, 3.8) is 0 Å². The fourth-order valence-corrected chi connectivity index (χ4v) is 1.33. The van der Waals surface area contributed by atoms with E-state index in [9.17, 15) is 28.2 Å².